The Labute approximate surface area is 216 Å². The Morgan fingerprint density at radius 2 is 2.09 bits per heavy atom. The highest BCUT2D eigenvalue weighted by Crippen LogP contribution is 2.33. The highest BCUT2D eigenvalue weighted by atomic mass is 35.5. The Morgan fingerprint density at radius 3 is 2.77 bits per heavy atom. The van der Waals surface area contributed by atoms with E-state index in [1.807, 2.05) is 36.1 Å². The number of carbonyl (C=O) groups excluding carboxylic acids is 1. The van der Waals surface area contributed by atoms with Gasteiger partial charge in [0.25, 0.3) is 5.91 Å². The van der Waals surface area contributed by atoms with Crippen LogP contribution in [0.4, 0.5) is 5.69 Å². The van der Waals surface area contributed by atoms with Crippen LogP contribution in [0.1, 0.15) is 41.1 Å². The minimum absolute atomic E-state index is 0.0197. The van der Waals surface area contributed by atoms with Gasteiger partial charge in [-0.2, -0.15) is 0 Å². The van der Waals surface area contributed by atoms with E-state index in [0.29, 0.717) is 6.54 Å². The molecule has 0 spiro atoms. The van der Waals surface area contributed by atoms with Gasteiger partial charge in [0.15, 0.2) is 0 Å². The number of rotatable bonds is 6. The predicted molar refractivity (Wildman–Crippen MR) is 151 cm³/mol. The summed E-state index contributed by atoms with van der Waals surface area (Å²) in [6, 6.07) is 8.38. The molecule has 5 nitrogen and oxygen atoms in total. The smallest absolute Gasteiger partial charge is 0.270 e. The second-order valence-electron chi connectivity index (χ2n) is 8.00. The number of hydrogen-bond acceptors (Lipinski definition) is 4. The second kappa shape index (κ2) is 12.4. The van der Waals surface area contributed by atoms with Crippen LogP contribution < -0.4 is 10.6 Å². The molecule has 1 aromatic carbocycles. The Balaban J connectivity index is 0.00000108. The summed E-state index contributed by atoms with van der Waals surface area (Å²) >= 11 is 7.14. The van der Waals surface area contributed by atoms with Gasteiger partial charge in [0.2, 0.25) is 0 Å². The van der Waals surface area contributed by atoms with Gasteiger partial charge in [0.1, 0.15) is 9.88 Å². The van der Waals surface area contributed by atoms with Gasteiger partial charge < -0.3 is 15.2 Å². The molecule has 3 heterocycles. The summed E-state index contributed by atoms with van der Waals surface area (Å²) in [5.41, 5.74) is 11.3. The third-order valence-corrected chi connectivity index (χ3v) is 6.91. The molecule has 0 bridgehead atoms. The van der Waals surface area contributed by atoms with E-state index in [4.69, 9.17) is 16.6 Å². The molecule has 2 N–H and O–H groups in total. The van der Waals surface area contributed by atoms with E-state index in [9.17, 15) is 4.79 Å². The molecule has 0 atom stereocenters. The van der Waals surface area contributed by atoms with Crippen molar-refractivity contribution >= 4 is 51.0 Å². The van der Waals surface area contributed by atoms with E-state index < -0.39 is 0 Å². The molecule has 0 unspecified atom stereocenters. The zero-order chi connectivity index (χ0) is 25.4. The fourth-order valence-corrected chi connectivity index (χ4v) is 5.01. The van der Waals surface area contributed by atoms with E-state index in [-0.39, 0.29) is 5.91 Å². The number of nitrogens with zero attached hydrogens (tertiary/aromatic N) is 3. The topological polar surface area (TPSA) is 64.2 Å². The number of allylic oxidation sites excluding steroid dienone is 7. The lowest BCUT2D eigenvalue weighted by Crippen LogP contribution is -2.36. The number of amides is 1. The zero-order valence-electron chi connectivity index (χ0n) is 20.4. The third kappa shape index (κ3) is 6.02. The number of aromatic nitrogens is 2. The summed E-state index contributed by atoms with van der Waals surface area (Å²) in [7, 11) is 0. The lowest BCUT2D eigenvalue weighted by atomic mass is 10.1. The highest BCUT2D eigenvalue weighted by molar-refractivity contribution is 7.15. The molecule has 0 radical (unpaired) electrons. The fourth-order valence-electron chi connectivity index (χ4n) is 3.87. The summed E-state index contributed by atoms with van der Waals surface area (Å²) in [5, 5.41) is 1.98. The van der Waals surface area contributed by atoms with E-state index in [0.717, 1.165) is 45.2 Å². The van der Waals surface area contributed by atoms with Crippen molar-refractivity contribution in [3.05, 3.63) is 100 Å². The maximum Gasteiger partial charge on any atom is 0.270 e. The minimum atomic E-state index is 0.0197. The SMILES string of the molecule is C=CN.C\C=C/C(=C\C=C\Cl)c1nc2c(s1)C(=O)N(c1ccc3c(ccn3C/C(C)=C/C)c1)CC2. The van der Waals surface area contributed by atoms with E-state index in [2.05, 4.69) is 61.2 Å². The molecular weight excluding hydrogens is 476 g/mol. The molecular formula is C28H31ClN4OS. The van der Waals surface area contributed by atoms with Crippen LogP contribution in [0.3, 0.4) is 0 Å². The second-order valence-corrected chi connectivity index (χ2v) is 9.25. The predicted octanol–water partition coefficient (Wildman–Crippen LogP) is 7.07. The van der Waals surface area contributed by atoms with Crippen molar-refractivity contribution in [3.63, 3.8) is 0 Å². The summed E-state index contributed by atoms with van der Waals surface area (Å²) in [6.45, 7) is 10.8. The van der Waals surface area contributed by atoms with Gasteiger partial charge in [-0.05, 0) is 51.2 Å². The summed E-state index contributed by atoms with van der Waals surface area (Å²) < 4.78 is 2.24. The first-order valence-corrected chi connectivity index (χ1v) is 12.7. The number of benzene rings is 1. The van der Waals surface area contributed by atoms with Crippen molar-refractivity contribution in [1.29, 1.82) is 0 Å². The molecule has 0 aliphatic carbocycles. The number of halogens is 1. The molecule has 0 saturated carbocycles. The Bertz CT molecular complexity index is 1330. The number of nitrogens with two attached hydrogens (primary N) is 1. The first-order valence-electron chi connectivity index (χ1n) is 11.4. The van der Waals surface area contributed by atoms with Crippen LogP contribution >= 0.6 is 22.9 Å². The Kier molecular flexibility index (Phi) is 9.29. The van der Waals surface area contributed by atoms with Gasteiger partial charge in [-0.1, -0.05) is 54.1 Å². The van der Waals surface area contributed by atoms with Gasteiger partial charge in [-0.25, -0.2) is 4.98 Å². The van der Waals surface area contributed by atoms with Crippen molar-refractivity contribution in [2.75, 3.05) is 11.4 Å². The van der Waals surface area contributed by atoms with Crippen LogP contribution in [0.15, 0.2) is 84.7 Å². The molecule has 3 aromatic rings. The molecule has 7 heteroatoms. The van der Waals surface area contributed by atoms with Crippen molar-refractivity contribution in [3.8, 4) is 0 Å². The van der Waals surface area contributed by atoms with Crippen LogP contribution in [-0.2, 0) is 13.0 Å². The lowest BCUT2D eigenvalue weighted by molar-refractivity contribution is 0.0984. The van der Waals surface area contributed by atoms with Crippen molar-refractivity contribution in [2.24, 2.45) is 5.73 Å². The molecule has 0 saturated heterocycles. The number of fused-ring (bicyclic) bond motifs is 2. The zero-order valence-corrected chi connectivity index (χ0v) is 21.9. The Morgan fingerprint density at radius 1 is 1.31 bits per heavy atom. The molecule has 182 valence electrons. The standard InChI is InChI=1S/C26H26ClN3OS.C2H5N/c1-4-7-19(8-6-13-27)25-28-22-12-15-30(26(31)24(22)32-25)21-9-10-23-20(16-21)11-14-29(23)17-18(3)5-2;1-2-3/h4-11,13-14,16H,12,15,17H2,1-3H3;2H,1,3H2/b7-4-,13-6+,18-5+,19-8+;. The van der Waals surface area contributed by atoms with E-state index >= 15 is 0 Å². The maximum absolute atomic E-state index is 13.4. The van der Waals surface area contributed by atoms with Crippen molar-refractivity contribution < 1.29 is 4.79 Å². The first kappa shape index (κ1) is 26.3. The highest BCUT2D eigenvalue weighted by Gasteiger charge is 2.29. The van der Waals surface area contributed by atoms with Crippen molar-refractivity contribution in [1.82, 2.24) is 9.55 Å². The van der Waals surface area contributed by atoms with E-state index in [1.54, 1.807) is 6.08 Å². The number of thiazole rings is 1. The van der Waals surface area contributed by atoms with Gasteiger partial charge >= 0.3 is 0 Å². The first-order chi connectivity index (χ1) is 17.0. The Hall–Kier alpha value is -3.35. The molecule has 4 rings (SSSR count). The monoisotopic (exact) mass is 506 g/mol. The van der Waals surface area contributed by atoms with Crippen LogP contribution in [0.2, 0.25) is 0 Å². The van der Waals surface area contributed by atoms with Gasteiger partial charge in [0, 0.05) is 53.4 Å². The van der Waals surface area contributed by atoms with Crippen LogP contribution in [0.5, 0.6) is 0 Å². The quantitative estimate of drug-likeness (QED) is 0.287. The minimum Gasteiger partial charge on any atom is -0.405 e. The molecule has 35 heavy (non-hydrogen) atoms. The molecule has 1 aliphatic rings. The lowest BCUT2D eigenvalue weighted by Gasteiger charge is -2.26. The van der Waals surface area contributed by atoms with Gasteiger partial charge in [-0.3, -0.25) is 4.79 Å². The molecule has 1 amide bonds. The van der Waals surface area contributed by atoms with Crippen LogP contribution in [0.25, 0.3) is 16.5 Å². The fraction of sp³-hybridized carbons (Fsp3) is 0.214. The number of hydrogen-bond donors (Lipinski definition) is 1. The molecule has 2 aromatic heterocycles. The number of carbonyl (C=O) groups is 1. The number of anilines is 1. The largest absolute Gasteiger partial charge is 0.405 e. The average molecular weight is 507 g/mol. The normalized spacial score (nSPS) is 14.5. The average Bonchev–Trinajstić information content (AvgIpc) is 3.47. The summed E-state index contributed by atoms with van der Waals surface area (Å²) in [5.74, 6) is 0.0197. The molecule has 1 aliphatic heterocycles. The van der Waals surface area contributed by atoms with Gasteiger partial charge in [0.05, 0.1) is 5.69 Å². The van der Waals surface area contributed by atoms with Crippen molar-refractivity contribution in [2.45, 2.75) is 33.7 Å². The maximum atomic E-state index is 13.4. The van der Waals surface area contributed by atoms with Crippen LogP contribution in [0, 0.1) is 0 Å². The summed E-state index contributed by atoms with van der Waals surface area (Å²) in [4.78, 5) is 20.7. The summed E-state index contributed by atoms with van der Waals surface area (Å²) in [6.07, 6.45) is 13.9. The molecule has 0 fully saturated rings. The third-order valence-electron chi connectivity index (χ3n) is 5.63. The van der Waals surface area contributed by atoms with E-state index in [1.165, 1.54) is 34.2 Å². The van der Waals surface area contributed by atoms with Crippen LogP contribution in [-0.4, -0.2) is 22.0 Å². The van der Waals surface area contributed by atoms with Gasteiger partial charge in [-0.15, -0.1) is 11.3 Å².